The molecule has 0 spiro atoms. The second-order valence-corrected chi connectivity index (χ2v) is 8.47. The molecule has 0 aromatic rings. The Labute approximate surface area is 139 Å². The fourth-order valence-electron chi connectivity index (χ4n) is 2.19. The second kappa shape index (κ2) is 5.92. The Morgan fingerprint density at radius 1 is 0.750 bits per heavy atom. The summed E-state index contributed by atoms with van der Waals surface area (Å²) in [5, 5.41) is 0. The molecule has 2 aliphatic carbocycles. The highest BCUT2D eigenvalue weighted by molar-refractivity contribution is 7.87. The molecule has 0 fully saturated rings. The minimum Gasteiger partial charge on any atom is -0.304 e. The van der Waals surface area contributed by atoms with Crippen LogP contribution >= 0.6 is 0 Å². The Bertz CT molecular complexity index is 860. The van der Waals surface area contributed by atoms with Crippen LogP contribution in [0.5, 0.6) is 0 Å². The smallest absolute Gasteiger partial charge is 0.292 e. The summed E-state index contributed by atoms with van der Waals surface area (Å²) < 4.78 is 64.9. The van der Waals surface area contributed by atoms with Crippen molar-refractivity contribution in [1.29, 1.82) is 0 Å². The van der Waals surface area contributed by atoms with E-state index in [2.05, 4.69) is 0 Å². The van der Waals surface area contributed by atoms with Gasteiger partial charge in [-0.2, -0.15) is 16.8 Å². The van der Waals surface area contributed by atoms with Crippen molar-refractivity contribution in [2.75, 3.05) is 0 Å². The molecular weight excluding hydrogens is 356 g/mol. The predicted octanol–water partition coefficient (Wildman–Crippen LogP) is 0.177. The van der Waals surface area contributed by atoms with Gasteiger partial charge >= 0.3 is 0 Å². The topological polar surface area (TPSA) is 161 Å². The summed E-state index contributed by atoms with van der Waals surface area (Å²) in [7, 11) is -9.35. The zero-order valence-electron chi connectivity index (χ0n) is 12.3. The van der Waals surface area contributed by atoms with E-state index in [9.17, 15) is 25.9 Å². The van der Waals surface area contributed by atoms with Crippen molar-refractivity contribution in [3.63, 3.8) is 0 Å². The molecule has 0 saturated heterocycles. The molecule has 0 heterocycles. The highest BCUT2D eigenvalue weighted by Gasteiger charge is 2.41. The number of rotatable bonds is 3. The lowest BCUT2D eigenvalue weighted by Crippen LogP contribution is -2.48. The maximum atomic E-state index is 11.6. The molecular formula is C14H16N2O6S2. The monoisotopic (exact) mass is 372 g/mol. The molecule has 8 nitrogen and oxygen atoms in total. The predicted molar refractivity (Wildman–Crippen MR) is 89.7 cm³/mol. The summed E-state index contributed by atoms with van der Waals surface area (Å²) in [5.41, 5.74) is 11.5. The summed E-state index contributed by atoms with van der Waals surface area (Å²) in [5.74, 6) is 0. The zero-order valence-corrected chi connectivity index (χ0v) is 13.9. The number of hydrogen-bond acceptors (Lipinski definition) is 6. The van der Waals surface area contributed by atoms with Gasteiger partial charge in [0.15, 0.2) is 9.74 Å². The SMILES string of the molecule is NC1(S(=O)(=O)O)C=CC=C/C1=C\C=C1/C=CC=CC1(N)S(=O)(=O)O. The summed E-state index contributed by atoms with van der Waals surface area (Å²) in [6, 6.07) is 0. The van der Waals surface area contributed by atoms with Crippen LogP contribution in [-0.2, 0) is 20.2 Å². The minimum absolute atomic E-state index is 0.0133. The van der Waals surface area contributed by atoms with Gasteiger partial charge in [-0.05, 0) is 23.3 Å². The van der Waals surface area contributed by atoms with E-state index in [4.69, 9.17) is 11.5 Å². The molecule has 0 aromatic carbocycles. The molecule has 24 heavy (non-hydrogen) atoms. The molecule has 2 aliphatic rings. The molecule has 0 bridgehead atoms. The number of allylic oxidation sites excluding steroid dienone is 6. The highest BCUT2D eigenvalue weighted by Crippen LogP contribution is 2.29. The Morgan fingerprint density at radius 3 is 1.38 bits per heavy atom. The number of hydrogen-bond donors (Lipinski definition) is 4. The van der Waals surface area contributed by atoms with Crippen LogP contribution in [0.15, 0.2) is 71.9 Å². The third kappa shape index (κ3) is 3.07. The van der Waals surface area contributed by atoms with Crippen LogP contribution in [-0.4, -0.2) is 35.7 Å². The third-order valence-electron chi connectivity index (χ3n) is 3.66. The van der Waals surface area contributed by atoms with Crippen LogP contribution in [0.4, 0.5) is 0 Å². The minimum atomic E-state index is -4.67. The van der Waals surface area contributed by atoms with Crippen LogP contribution in [0.3, 0.4) is 0 Å². The summed E-state index contributed by atoms with van der Waals surface area (Å²) in [6.07, 6.45) is 13.0. The fraction of sp³-hybridized carbons (Fsp3) is 0.143. The first kappa shape index (κ1) is 18.5. The van der Waals surface area contributed by atoms with E-state index >= 15 is 0 Å². The van der Waals surface area contributed by atoms with Crippen molar-refractivity contribution in [2.24, 2.45) is 11.5 Å². The van der Waals surface area contributed by atoms with E-state index in [0.717, 1.165) is 12.2 Å². The van der Waals surface area contributed by atoms with Gasteiger partial charge in [-0.15, -0.1) is 0 Å². The van der Waals surface area contributed by atoms with Crippen molar-refractivity contribution in [1.82, 2.24) is 0 Å². The lowest BCUT2D eigenvalue weighted by atomic mass is 9.98. The Kier molecular flexibility index (Phi) is 4.57. The number of nitrogens with two attached hydrogens (primary N) is 2. The van der Waals surface area contributed by atoms with Gasteiger partial charge in [0.05, 0.1) is 0 Å². The van der Waals surface area contributed by atoms with Gasteiger partial charge in [0.1, 0.15) is 0 Å². The zero-order chi connectivity index (χ0) is 18.2. The van der Waals surface area contributed by atoms with Gasteiger partial charge in [0, 0.05) is 0 Å². The van der Waals surface area contributed by atoms with Gasteiger partial charge < -0.3 is 11.5 Å². The molecule has 10 heteroatoms. The maximum absolute atomic E-state index is 11.6. The molecule has 0 saturated carbocycles. The van der Waals surface area contributed by atoms with Crippen molar-refractivity contribution in [2.45, 2.75) is 9.74 Å². The van der Waals surface area contributed by atoms with Gasteiger partial charge in [0.2, 0.25) is 0 Å². The van der Waals surface area contributed by atoms with Crippen molar-refractivity contribution in [3.05, 3.63) is 71.9 Å². The largest absolute Gasteiger partial charge is 0.304 e. The summed E-state index contributed by atoms with van der Waals surface area (Å²) in [6.45, 7) is 0. The van der Waals surface area contributed by atoms with E-state index < -0.39 is 30.0 Å². The van der Waals surface area contributed by atoms with E-state index in [1.165, 1.54) is 48.6 Å². The molecule has 2 atom stereocenters. The van der Waals surface area contributed by atoms with Crippen LogP contribution in [0.1, 0.15) is 0 Å². The molecule has 2 unspecified atom stereocenters. The van der Waals surface area contributed by atoms with Gasteiger partial charge in [-0.3, -0.25) is 9.11 Å². The molecule has 0 aromatic heterocycles. The second-order valence-electron chi connectivity index (χ2n) is 5.22. The fourth-order valence-corrected chi connectivity index (χ4v) is 3.56. The first-order chi connectivity index (χ1) is 10.9. The Morgan fingerprint density at radius 2 is 1.08 bits per heavy atom. The third-order valence-corrected chi connectivity index (χ3v) is 6.11. The van der Waals surface area contributed by atoms with E-state index in [1.807, 2.05) is 0 Å². The van der Waals surface area contributed by atoms with Crippen LogP contribution in [0.2, 0.25) is 0 Å². The summed E-state index contributed by atoms with van der Waals surface area (Å²) in [4.78, 5) is -4.36. The van der Waals surface area contributed by atoms with Crippen molar-refractivity contribution < 1.29 is 25.9 Å². The maximum Gasteiger partial charge on any atom is 0.292 e. The van der Waals surface area contributed by atoms with Crippen LogP contribution in [0, 0.1) is 0 Å². The van der Waals surface area contributed by atoms with E-state index in [1.54, 1.807) is 0 Å². The highest BCUT2D eigenvalue weighted by atomic mass is 32.2. The molecule has 6 N–H and O–H groups in total. The Hall–Kier alpha value is -1.82. The van der Waals surface area contributed by atoms with Gasteiger partial charge in [0.25, 0.3) is 20.2 Å². The van der Waals surface area contributed by atoms with Crippen LogP contribution < -0.4 is 11.5 Å². The van der Waals surface area contributed by atoms with E-state index in [0.29, 0.717) is 0 Å². The average Bonchev–Trinajstić information content (AvgIpc) is 2.45. The van der Waals surface area contributed by atoms with Crippen molar-refractivity contribution >= 4 is 20.2 Å². The molecule has 2 rings (SSSR count). The Balaban J connectivity index is 2.57. The quantitative estimate of drug-likeness (QED) is 0.510. The van der Waals surface area contributed by atoms with Crippen LogP contribution in [0.25, 0.3) is 0 Å². The normalized spacial score (nSPS) is 33.5. The lowest BCUT2D eigenvalue weighted by molar-refractivity contribution is 0.458. The van der Waals surface area contributed by atoms with Gasteiger partial charge in [-0.1, -0.05) is 48.6 Å². The summed E-state index contributed by atoms with van der Waals surface area (Å²) >= 11 is 0. The lowest BCUT2D eigenvalue weighted by Gasteiger charge is -2.27. The first-order valence-corrected chi connectivity index (χ1v) is 9.46. The molecule has 0 amide bonds. The van der Waals surface area contributed by atoms with Crippen molar-refractivity contribution in [3.8, 4) is 0 Å². The first-order valence-electron chi connectivity index (χ1n) is 6.58. The molecule has 0 aliphatic heterocycles. The van der Waals surface area contributed by atoms with E-state index in [-0.39, 0.29) is 11.1 Å². The standard InChI is InChI=1S/C14H16N2O6S2/c15-13(23(17,18)19)9-3-1-5-11(13)7-8-12-6-2-4-10-14(12,16)24(20,21)22/h1-10H,15-16H2,(H,17,18,19)(H,20,21,22)/b11-7+,12-8+. The average molecular weight is 372 g/mol. The van der Waals surface area contributed by atoms with Gasteiger partial charge in [-0.25, -0.2) is 0 Å². The molecule has 130 valence electrons. The molecule has 0 radical (unpaired) electrons.